The predicted molar refractivity (Wildman–Crippen MR) is 129 cm³/mol. The summed E-state index contributed by atoms with van der Waals surface area (Å²) < 4.78 is 27.4. The molecule has 2 heterocycles. The lowest BCUT2D eigenvalue weighted by Gasteiger charge is -2.19. The van der Waals surface area contributed by atoms with Gasteiger partial charge >= 0.3 is 5.97 Å². The number of methoxy groups -OCH3 is 4. The van der Waals surface area contributed by atoms with E-state index in [-0.39, 0.29) is 13.0 Å². The second kappa shape index (κ2) is 10.3. The Morgan fingerprint density at radius 3 is 2.23 bits per heavy atom. The predicted octanol–water partition coefficient (Wildman–Crippen LogP) is 3.82. The van der Waals surface area contributed by atoms with Gasteiger partial charge in [-0.3, -0.25) is 10.1 Å². The number of benzene rings is 2. The van der Waals surface area contributed by atoms with Crippen LogP contribution in [0.4, 0.5) is 0 Å². The summed E-state index contributed by atoms with van der Waals surface area (Å²) in [6, 6.07) is 9.02. The van der Waals surface area contributed by atoms with Crippen molar-refractivity contribution < 1.29 is 28.5 Å². The topological polar surface area (TPSA) is 118 Å². The standard InChI is InChI=1S/C25H26N4O6/c1-6-35-25(30)24-17(12-22-26-13-27-29-22)28-16-11-21(34-5)20(33-4)10-15(16)23(24)14-7-8-18(31-2)19(9-14)32-3/h7-11,13H,6,12H2,1-5H3,(H,26,27,29). The molecule has 0 saturated carbocycles. The average Bonchev–Trinajstić information content (AvgIpc) is 3.39. The third kappa shape index (κ3) is 4.54. The maximum absolute atomic E-state index is 13.4. The maximum Gasteiger partial charge on any atom is 0.340 e. The number of nitrogens with zero attached hydrogens (tertiary/aromatic N) is 3. The minimum atomic E-state index is -0.507. The zero-order valence-electron chi connectivity index (χ0n) is 20.2. The van der Waals surface area contributed by atoms with Crippen molar-refractivity contribution in [2.75, 3.05) is 35.0 Å². The molecular formula is C25H26N4O6. The number of nitrogens with one attached hydrogen (secondary N) is 1. The summed E-state index contributed by atoms with van der Waals surface area (Å²) in [5.41, 5.74) is 2.70. The van der Waals surface area contributed by atoms with Crippen molar-refractivity contribution in [2.24, 2.45) is 0 Å². The first-order valence-corrected chi connectivity index (χ1v) is 10.9. The van der Waals surface area contributed by atoms with E-state index in [1.165, 1.54) is 6.33 Å². The Labute approximate surface area is 202 Å². The van der Waals surface area contributed by atoms with Crippen LogP contribution in [0, 0.1) is 0 Å². The lowest BCUT2D eigenvalue weighted by Crippen LogP contribution is -2.13. The van der Waals surface area contributed by atoms with Gasteiger partial charge in [0.15, 0.2) is 28.8 Å². The number of aromatic nitrogens is 4. The highest BCUT2D eigenvalue weighted by Crippen LogP contribution is 2.42. The van der Waals surface area contributed by atoms with Gasteiger partial charge in [0.1, 0.15) is 6.33 Å². The number of rotatable bonds is 9. The van der Waals surface area contributed by atoms with Crippen LogP contribution >= 0.6 is 0 Å². The van der Waals surface area contributed by atoms with Gasteiger partial charge in [0, 0.05) is 17.0 Å². The van der Waals surface area contributed by atoms with Gasteiger partial charge < -0.3 is 23.7 Å². The van der Waals surface area contributed by atoms with Crippen LogP contribution in [0.2, 0.25) is 0 Å². The van der Waals surface area contributed by atoms with E-state index in [0.29, 0.717) is 62.1 Å². The van der Waals surface area contributed by atoms with Gasteiger partial charge in [-0.2, -0.15) is 5.10 Å². The first kappa shape index (κ1) is 23.8. The monoisotopic (exact) mass is 478 g/mol. The van der Waals surface area contributed by atoms with Crippen molar-refractivity contribution in [3.05, 3.63) is 53.7 Å². The van der Waals surface area contributed by atoms with Gasteiger partial charge in [-0.25, -0.2) is 9.78 Å². The minimum Gasteiger partial charge on any atom is -0.493 e. The normalized spacial score (nSPS) is 10.8. The highest BCUT2D eigenvalue weighted by atomic mass is 16.5. The molecule has 0 amide bonds. The van der Waals surface area contributed by atoms with Crippen LogP contribution in [0.5, 0.6) is 23.0 Å². The summed E-state index contributed by atoms with van der Waals surface area (Å²) in [6.07, 6.45) is 1.69. The van der Waals surface area contributed by atoms with E-state index in [2.05, 4.69) is 15.2 Å². The lowest BCUT2D eigenvalue weighted by atomic mass is 9.92. The first-order chi connectivity index (χ1) is 17.0. The number of carbonyl (C=O) groups excluding carboxylic acids is 1. The summed E-state index contributed by atoms with van der Waals surface area (Å²) in [6.45, 7) is 1.96. The molecule has 182 valence electrons. The van der Waals surface area contributed by atoms with Crippen molar-refractivity contribution in [1.82, 2.24) is 20.2 Å². The van der Waals surface area contributed by atoms with Crippen LogP contribution < -0.4 is 18.9 Å². The molecule has 2 aromatic heterocycles. The fourth-order valence-corrected chi connectivity index (χ4v) is 3.95. The molecule has 0 spiro atoms. The molecule has 35 heavy (non-hydrogen) atoms. The van der Waals surface area contributed by atoms with E-state index < -0.39 is 5.97 Å². The Bertz CT molecular complexity index is 1350. The number of carbonyl (C=O) groups is 1. The summed E-state index contributed by atoms with van der Waals surface area (Å²) in [5, 5.41) is 7.52. The van der Waals surface area contributed by atoms with Gasteiger partial charge in [0.2, 0.25) is 0 Å². The Morgan fingerprint density at radius 2 is 1.60 bits per heavy atom. The van der Waals surface area contributed by atoms with Crippen LogP contribution in [0.25, 0.3) is 22.0 Å². The first-order valence-electron chi connectivity index (χ1n) is 10.9. The van der Waals surface area contributed by atoms with Crippen molar-refractivity contribution in [3.8, 4) is 34.1 Å². The number of ether oxygens (including phenoxy) is 5. The summed E-state index contributed by atoms with van der Waals surface area (Å²) in [7, 11) is 6.23. The SMILES string of the molecule is CCOC(=O)c1c(Cc2nc[nH]n2)nc2cc(OC)c(OC)cc2c1-c1ccc(OC)c(OC)c1. The fraction of sp³-hybridized carbons (Fsp3) is 0.280. The summed E-state index contributed by atoms with van der Waals surface area (Å²) >= 11 is 0. The number of esters is 1. The molecule has 0 bridgehead atoms. The minimum absolute atomic E-state index is 0.203. The molecule has 0 aliphatic rings. The number of aromatic amines is 1. The molecule has 0 radical (unpaired) electrons. The average molecular weight is 479 g/mol. The molecule has 1 N–H and O–H groups in total. The van der Waals surface area contributed by atoms with Crippen LogP contribution in [-0.4, -0.2) is 61.2 Å². The lowest BCUT2D eigenvalue weighted by molar-refractivity contribution is 0.0526. The van der Waals surface area contributed by atoms with Crippen molar-refractivity contribution in [1.29, 1.82) is 0 Å². The van der Waals surface area contributed by atoms with Gasteiger partial charge in [-0.05, 0) is 30.7 Å². The third-order valence-electron chi connectivity index (χ3n) is 5.51. The van der Waals surface area contributed by atoms with E-state index in [9.17, 15) is 4.79 Å². The number of pyridine rings is 1. The van der Waals surface area contributed by atoms with Crippen LogP contribution in [-0.2, 0) is 11.2 Å². The van der Waals surface area contributed by atoms with E-state index in [1.54, 1.807) is 53.6 Å². The van der Waals surface area contributed by atoms with E-state index >= 15 is 0 Å². The molecule has 2 aromatic carbocycles. The Hall–Kier alpha value is -4.34. The van der Waals surface area contributed by atoms with E-state index in [0.717, 1.165) is 0 Å². The van der Waals surface area contributed by atoms with Crippen LogP contribution in [0.1, 0.15) is 28.8 Å². The maximum atomic E-state index is 13.4. The molecular weight excluding hydrogens is 452 g/mol. The molecule has 0 aliphatic heterocycles. The van der Waals surface area contributed by atoms with Crippen molar-refractivity contribution >= 4 is 16.9 Å². The van der Waals surface area contributed by atoms with Gasteiger partial charge in [-0.15, -0.1) is 0 Å². The summed E-state index contributed by atoms with van der Waals surface area (Å²) in [5.74, 6) is 2.07. The smallest absolute Gasteiger partial charge is 0.340 e. The van der Waals surface area contributed by atoms with Crippen LogP contribution in [0.15, 0.2) is 36.7 Å². The largest absolute Gasteiger partial charge is 0.493 e. The second-order valence-electron chi connectivity index (χ2n) is 7.42. The van der Waals surface area contributed by atoms with Gasteiger partial charge in [0.25, 0.3) is 0 Å². The third-order valence-corrected chi connectivity index (χ3v) is 5.51. The Balaban J connectivity index is 2.11. The molecule has 0 atom stereocenters. The molecule has 0 unspecified atom stereocenters. The zero-order valence-corrected chi connectivity index (χ0v) is 20.2. The van der Waals surface area contributed by atoms with E-state index in [1.807, 2.05) is 12.1 Å². The molecule has 0 fully saturated rings. The number of fused-ring (bicyclic) bond motifs is 1. The van der Waals surface area contributed by atoms with Gasteiger partial charge in [-0.1, -0.05) is 6.07 Å². The molecule has 10 heteroatoms. The number of hydrogen-bond donors (Lipinski definition) is 1. The second-order valence-corrected chi connectivity index (χ2v) is 7.42. The highest BCUT2D eigenvalue weighted by Gasteiger charge is 2.26. The van der Waals surface area contributed by atoms with Crippen molar-refractivity contribution in [2.45, 2.75) is 13.3 Å². The summed E-state index contributed by atoms with van der Waals surface area (Å²) in [4.78, 5) is 22.4. The molecule has 4 rings (SSSR count). The fourth-order valence-electron chi connectivity index (χ4n) is 3.95. The molecule has 4 aromatic rings. The molecule has 0 aliphatic carbocycles. The Kier molecular flexibility index (Phi) is 7.00. The molecule has 0 saturated heterocycles. The number of hydrogen-bond acceptors (Lipinski definition) is 9. The highest BCUT2D eigenvalue weighted by molar-refractivity contribution is 6.08. The van der Waals surface area contributed by atoms with Crippen molar-refractivity contribution in [3.63, 3.8) is 0 Å². The number of H-pyrrole nitrogens is 1. The van der Waals surface area contributed by atoms with Gasteiger partial charge in [0.05, 0.1) is 58.2 Å². The van der Waals surface area contributed by atoms with Crippen LogP contribution in [0.3, 0.4) is 0 Å². The zero-order chi connectivity index (χ0) is 24.9. The Morgan fingerprint density at radius 1 is 0.914 bits per heavy atom. The molecule has 10 nitrogen and oxygen atoms in total. The van der Waals surface area contributed by atoms with E-state index in [4.69, 9.17) is 28.7 Å². The quantitative estimate of drug-likeness (QED) is 0.358.